The highest BCUT2D eigenvalue weighted by atomic mass is 19.3. The van der Waals surface area contributed by atoms with E-state index in [-0.39, 0.29) is 24.0 Å². The molecular weight excluding hydrogens is 437 g/mol. The number of benzene rings is 2. The largest absolute Gasteiger partial charge is 0.435 e. The number of aromatic nitrogens is 1. The maximum atomic E-state index is 13.5. The number of hydrogen-bond acceptors (Lipinski definition) is 4. The maximum Gasteiger partial charge on any atom is 0.387 e. The average Bonchev–Trinajstić information content (AvgIpc) is 3.14. The van der Waals surface area contributed by atoms with Crippen molar-refractivity contribution in [3.8, 4) is 17.1 Å². The summed E-state index contributed by atoms with van der Waals surface area (Å²) in [7, 11) is 0. The van der Waals surface area contributed by atoms with E-state index in [4.69, 9.17) is 4.52 Å². The van der Waals surface area contributed by atoms with Crippen LogP contribution in [0, 0.1) is 17.5 Å². The number of rotatable bonds is 4. The van der Waals surface area contributed by atoms with Gasteiger partial charge in [0.15, 0.2) is 23.2 Å². The van der Waals surface area contributed by atoms with Crippen molar-refractivity contribution in [2.45, 2.75) is 32.5 Å². The Morgan fingerprint density at radius 3 is 2.47 bits per heavy atom. The van der Waals surface area contributed by atoms with Crippen molar-refractivity contribution < 1.29 is 36.0 Å². The molecule has 0 bridgehead atoms. The number of anilines is 1. The third-order valence-electron chi connectivity index (χ3n) is 5.06. The van der Waals surface area contributed by atoms with Crippen LogP contribution < -0.4 is 10.1 Å². The summed E-state index contributed by atoms with van der Waals surface area (Å²) in [5.41, 5.74) is 1.54. The number of nitrogens with one attached hydrogen (secondary N) is 1. The minimum Gasteiger partial charge on any atom is -0.435 e. The van der Waals surface area contributed by atoms with Crippen LogP contribution in [-0.2, 0) is 13.0 Å². The van der Waals surface area contributed by atoms with Gasteiger partial charge >= 0.3 is 12.6 Å². The molecule has 0 aliphatic carbocycles. The van der Waals surface area contributed by atoms with Crippen LogP contribution in [-0.4, -0.2) is 28.7 Å². The molecule has 1 atom stereocenters. The summed E-state index contributed by atoms with van der Waals surface area (Å²) < 4.78 is 74.5. The fraction of sp³-hybridized carbons (Fsp3) is 0.238. The standard InChI is InChI=1S/C21H16F5N3O3/c1-10-6-17-14(19(32-28-17)11-2-4-13(5-3-11)31-20(25)26)9-29(10)21(30)27-12-7-15(22)18(24)16(23)8-12/h2-5,7-8,10,20H,6,9H2,1H3,(H,27,30)/t10-/m0/s1. The Morgan fingerprint density at radius 1 is 1.19 bits per heavy atom. The second kappa shape index (κ2) is 8.48. The van der Waals surface area contributed by atoms with E-state index in [1.54, 1.807) is 6.92 Å². The van der Waals surface area contributed by atoms with Crippen molar-refractivity contribution in [3.63, 3.8) is 0 Å². The van der Waals surface area contributed by atoms with E-state index in [9.17, 15) is 26.7 Å². The van der Waals surface area contributed by atoms with Crippen LogP contribution in [0.3, 0.4) is 0 Å². The first kappa shape index (κ1) is 21.6. The van der Waals surface area contributed by atoms with Crippen LogP contribution >= 0.6 is 0 Å². The summed E-state index contributed by atoms with van der Waals surface area (Å²) in [6, 6.07) is 6.14. The smallest absolute Gasteiger partial charge is 0.387 e. The number of halogens is 5. The van der Waals surface area contributed by atoms with Crippen molar-refractivity contribution in [2.24, 2.45) is 0 Å². The Hall–Kier alpha value is -3.63. The van der Waals surface area contributed by atoms with Gasteiger partial charge in [0.25, 0.3) is 0 Å². The molecule has 11 heteroatoms. The summed E-state index contributed by atoms with van der Waals surface area (Å²) >= 11 is 0. The second-order valence-electron chi connectivity index (χ2n) is 7.20. The highest BCUT2D eigenvalue weighted by Crippen LogP contribution is 2.33. The number of carbonyl (C=O) groups excluding carboxylic acids is 1. The van der Waals surface area contributed by atoms with Crippen LogP contribution in [0.15, 0.2) is 40.9 Å². The summed E-state index contributed by atoms with van der Waals surface area (Å²) in [5, 5.41) is 6.40. The highest BCUT2D eigenvalue weighted by molar-refractivity contribution is 5.90. The number of carbonyl (C=O) groups is 1. The van der Waals surface area contributed by atoms with Crippen molar-refractivity contribution in [1.29, 1.82) is 0 Å². The number of fused-ring (bicyclic) bond motifs is 1. The summed E-state index contributed by atoms with van der Waals surface area (Å²) in [5.74, 6) is -4.14. The number of amides is 2. The van der Waals surface area contributed by atoms with Gasteiger partial charge in [-0.2, -0.15) is 8.78 Å². The van der Waals surface area contributed by atoms with Gasteiger partial charge in [0, 0.05) is 41.4 Å². The first-order valence-corrected chi connectivity index (χ1v) is 9.47. The first-order valence-electron chi connectivity index (χ1n) is 9.47. The lowest BCUT2D eigenvalue weighted by Gasteiger charge is -2.32. The molecule has 2 aromatic carbocycles. The molecule has 1 aromatic heterocycles. The number of alkyl halides is 2. The monoisotopic (exact) mass is 453 g/mol. The number of nitrogens with zero attached hydrogens (tertiary/aromatic N) is 2. The average molecular weight is 453 g/mol. The van der Waals surface area contributed by atoms with Gasteiger partial charge in [0.05, 0.1) is 12.2 Å². The van der Waals surface area contributed by atoms with E-state index in [1.165, 1.54) is 29.2 Å². The van der Waals surface area contributed by atoms with Crippen molar-refractivity contribution in [2.75, 3.05) is 5.32 Å². The zero-order chi connectivity index (χ0) is 23.0. The minimum atomic E-state index is -2.95. The third-order valence-corrected chi connectivity index (χ3v) is 5.06. The van der Waals surface area contributed by atoms with E-state index in [1.807, 2.05) is 0 Å². The van der Waals surface area contributed by atoms with Crippen LogP contribution in [0.1, 0.15) is 18.2 Å². The van der Waals surface area contributed by atoms with Gasteiger partial charge in [0.2, 0.25) is 0 Å². The van der Waals surface area contributed by atoms with Gasteiger partial charge in [-0.05, 0) is 31.2 Å². The van der Waals surface area contributed by atoms with Gasteiger partial charge < -0.3 is 19.5 Å². The Bertz CT molecular complexity index is 1130. The maximum absolute atomic E-state index is 13.5. The molecule has 4 rings (SSSR count). The van der Waals surface area contributed by atoms with E-state index in [0.29, 0.717) is 41.1 Å². The van der Waals surface area contributed by atoms with Crippen molar-refractivity contribution in [3.05, 3.63) is 65.1 Å². The molecule has 0 spiro atoms. The van der Waals surface area contributed by atoms with Gasteiger partial charge in [-0.3, -0.25) is 0 Å². The first-order chi connectivity index (χ1) is 15.2. The van der Waals surface area contributed by atoms with Gasteiger partial charge in [-0.15, -0.1) is 0 Å². The lowest BCUT2D eigenvalue weighted by Crippen LogP contribution is -2.44. The summed E-state index contributed by atoms with van der Waals surface area (Å²) in [6.07, 6.45) is 0.352. The van der Waals surface area contributed by atoms with Crippen LogP contribution in [0.5, 0.6) is 5.75 Å². The number of hydrogen-bond donors (Lipinski definition) is 1. The van der Waals surface area contributed by atoms with Crippen LogP contribution in [0.2, 0.25) is 0 Å². The highest BCUT2D eigenvalue weighted by Gasteiger charge is 2.32. The molecule has 1 N–H and O–H groups in total. The normalized spacial score (nSPS) is 15.6. The Balaban J connectivity index is 1.55. The molecule has 1 aliphatic heterocycles. The van der Waals surface area contributed by atoms with Crippen LogP contribution in [0.4, 0.5) is 32.4 Å². The van der Waals surface area contributed by atoms with Gasteiger partial charge in [-0.25, -0.2) is 18.0 Å². The SMILES string of the molecule is C[C@H]1Cc2noc(-c3ccc(OC(F)F)cc3)c2CN1C(=O)Nc1cc(F)c(F)c(F)c1. The van der Waals surface area contributed by atoms with E-state index < -0.39 is 30.1 Å². The molecule has 0 saturated heterocycles. The predicted molar refractivity (Wildman–Crippen MR) is 103 cm³/mol. The molecule has 32 heavy (non-hydrogen) atoms. The molecule has 2 amide bonds. The molecule has 6 nitrogen and oxygen atoms in total. The van der Waals surface area contributed by atoms with Crippen molar-refractivity contribution >= 4 is 11.7 Å². The Kier molecular flexibility index (Phi) is 5.72. The third kappa shape index (κ3) is 4.23. The minimum absolute atomic E-state index is 0.0227. The summed E-state index contributed by atoms with van der Waals surface area (Å²) in [6.45, 7) is -1.11. The number of urea groups is 1. The van der Waals surface area contributed by atoms with E-state index in [0.717, 1.165) is 0 Å². The Labute approximate surface area is 178 Å². The molecular formula is C21H16F5N3O3. The molecule has 0 unspecified atom stereocenters. The van der Waals surface area contributed by atoms with Crippen LogP contribution in [0.25, 0.3) is 11.3 Å². The van der Waals surface area contributed by atoms with Gasteiger partial charge in [-0.1, -0.05) is 5.16 Å². The second-order valence-corrected chi connectivity index (χ2v) is 7.20. The van der Waals surface area contributed by atoms with E-state index in [2.05, 4.69) is 15.2 Å². The van der Waals surface area contributed by atoms with Gasteiger partial charge in [0.1, 0.15) is 5.75 Å². The Morgan fingerprint density at radius 2 is 1.84 bits per heavy atom. The lowest BCUT2D eigenvalue weighted by atomic mass is 9.97. The number of ether oxygens (including phenoxy) is 1. The predicted octanol–water partition coefficient (Wildman–Crippen LogP) is 5.34. The molecule has 3 aromatic rings. The topological polar surface area (TPSA) is 67.6 Å². The van der Waals surface area contributed by atoms with E-state index >= 15 is 0 Å². The van der Waals surface area contributed by atoms with Crippen molar-refractivity contribution in [1.82, 2.24) is 10.1 Å². The molecule has 0 radical (unpaired) electrons. The molecule has 0 fully saturated rings. The lowest BCUT2D eigenvalue weighted by molar-refractivity contribution is -0.0498. The zero-order valence-corrected chi connectivity index (χ0v) is 16.5. The quantitative estimate of drug-likeness (QED) is 0.428. The fourth-order valence-corrected chi connectivity index (χ4v) is 3.49. The molecule has 2 heterocycles. The zero-order valence-electron chi connectivity index (χ0n) is 16.5. The fourth-order valence-electron chi connectivity index (χ4n) is 3.49. The molecule has 168 valence electrons. The molecule has 1 aliphatic rings. The molecule has 0 saturated carbocycles. The summed E-state index contributed by atoms with van der Waals surface area (Å²) in [4.78, 5) is 14.2.